The largest absolute Gasteiger partial charge is 0.393 e. The molecule has 0 radical (unpaired) electrons. The Kier molecular flexibility index (Phi) is 7.32. The van der Waals surface area contributed by atoms with Gasteiger partial charge in [0.2, 0.25) is 0 Å². The van der Waals surface area contributed by atoms with E-state index in [1.807, 2.05) is 13.8 Å². The van der Waals surface area contributed by atoms with Gasteiger partial charge in [0.15, 0.2) is 0 Å². The SMILES string of the molecule is C=C1C(=CC=C2CCC[C@]3(C)[C@@H](C4(COCCCC(C)(C)O)CC4)CC[C@@H]23)C[C@@H](O)C[C@@H]1O. The monoisotopic (exact) mass is 458 g/mol. The van der Waals surface area contributed by atoms with Crippen molar-refractivity contribution in [3.05, 3.63) is 35.5 Å². The number of rotatable bonds is 8. The molecule has 4 rings (SSSR count). The second-order valence-electron chi connectivity index (χ2n) is 12.4. The zero-order valence-electron chi connectivity index (χ0n) is 21.1. The van der Waals surface area contributed by atoms with Crippen LogP contribution in [0, 0.1) is 22.7 Å². The van der Waals surface area contributed by atoms with Crippen LogP contribution in [0.2, 0.25) is 0 Å². The van der Waals surface area contributed by atoms with E-state index in [1.54, 1.807) is 5.57 Å². The summed E-state index contributed by atoms with van der Waals surface area (Å²) in [4.78, 5) is 0. The van der Waals surface area contributed by atoms with Crippen molar-refractivity contribution < 1.29 is 20.1 Å². The summed E-state index contributed by atoms with van der Waals surface area (Å²) < 4.78 is 6.19. The normalized spacial score (nSPS) is 38.7. The Morgan fingerprint density at radius 1 is 1.15 bits per heavy atom. The van der Waals surface area contributed by atoms with Crippen molar-refractivity contribution in [3.63, 3.8) is 0 Å². The fourth-order valence-corrected chi connectivity index (χ4v) is 7.35. The van der Waals surface area contributed by atoms with E-state index in [9.17, 15) is 15.3 Å². The van der Waals surface area contributed by atoms with Crippen molar-refractivity contribution in [1.82, 2.24) is 0 Å². The highest BCUT2D eigenvalue weighted by atomic mass is 16.5. The Morgan fingerprint density at radius 3 is 2.61 bits per heavy atom. The van der Waals surface area contributed by atoms with Gasteiger partial charge in [-0.1, -0.05) is 31.2 Å². The maximum absolute atomic E-state index is 10.2. The summed E-state index contributed by atoms with van der Waals surface area (Å²) >= 11 is 0. The molecule has 0 amide bonds. The van der Waals surface area contributed by atoms with Gasteiger partial charge in [-0.25, -0.2) is 0 Å². The molecule has 4 fully saturated rings. The molecule has 0 aromatic rings. The third kappa shape index (κ3) is 5.50. The van der Waals surface area contributed by atoms with E-state index >= 15 is 0 Å². The van der Waals surface area contributed by atoms with Gasteiger partial charge in [0.25, 0.3) is 0 Å². The van der Waals surface area contributed by atoms with Gasteiger partial charge < -0.3 is 20.1 Å². The molecule has 5 atom stereocenters. The van der Waals surface area contributed by atoms with E-state index in [0.29, 0.717) is 29.6 Å². The fourth-order valence-electron chi connectivity index (χ4n) is 7.35. The highest BCUT2D eigenvalue weighted by Crippen LogP contribution is 2.68. The summed E-state index contributed by atoms with van der Waals surface area (Å²) in [6.45, 7) is 12.0. The second-order valence-corrected chi connectivity index (χ2v) is 12.4. The van der Waals surface area contributed by atoms with Crippen LogP contribution in [0.5, 0.6) is 0 Å². The first-order chi connectivity index (χ1) is 15.5. The Morgan fingerprint density at radius 2 is 1.91 bits per heavy atom. The lowest BCUT2D eigenvalue weighted by atomic mass is 9.60. The molecule has 33 heavy (non-hydrogen) atoms. The van der Waals surface area contributed by atoms with Gasteiger partial charge in [-0.3, -0.25) is 0 Å². The first-order valence-electron chi connectivity index (χ1n) is 13.3. The van der Waals surface area contributed by atoms with Crippen LogP contribution in [0.15, 0.2) is 35.5 Å². The van der Waals surface area contributed by atoms with Crippen LogP contribution < -0.4 is 0 Å². The molecule has 0 saturated heterocycles. The summed E-state index contributed by atoms with van der Waals surface area (Å²) in [6, 6.07) is 0. The van der Waals surface area contributed by atoms with Crippen LogP contribution in [-0.2, 0) is 4.74 Å². The molecular formula is C29H46O4. The minimum absolute atomic E-state index is 0.345. The Bertz CT molecular complexity index is 784. The first kappa shape index (κ1) is 25.2. The highest BCUT2D eigenvalue weighted by Gasteiger charge is 2.61. The third-order valence-corrected chi connectivity index (χ3v) is 9.33. The van der Waals surface area contributed by atoms with E-state index < -0.39 is 17.8 Å². The number of aliphatic hydroxyl groups excluding tert-OH is 2. The summed E-state index contributed by atoms with van der Waals surface area (Å²) in [7, 11) is 0. The molecule has 186 valence electrons. The Balaban J connectivity index is 1.41. The van der Waals surface area contributed by atoms with E-state index in [1.165, 1.54) is 38.5 Å². The Hall–Kier alpha value is -0.940. The topological polar surface area (TPSA) is 69.9 Å². The molecule has 0 aromatic heterocycles. The summed E-state index contributed by atoms with van der Waals surface area (Å²) in [5, 5.41) is 30.2. The average Bonchev–Trinajstić information content (AvgIpc) is 3.41. The number of aliphatic hydroxyl groups is 3. The average molecular weight is 459 g/mol. The van der Waals surface area contributed by atoms with Gasteiger partial charge in [-0.2, -0.15) is 0 Å². The Labute approximate surface area is 200 Å². The molecule has 4 aliphatic rings. The lowest BCUT2D eigenvalue weighted by Crippen LogP contribution is -2.39. The van der Waals surface area contributed by atoms with Gasteiger partial charge in [0.05, 0.1) is 24.4 Å². The van der Waals surface area contributed by atoms with Crippen molar-refractivity contribution in [2.24, 2.45) is 22.7 Å². The molecule has 4 aliphatic carbocycles. The number of allylic oxidation sites excluding steroid dienone is 3. The van der Waals surface area contributed by atoms with Gasteiger partial charge >= 0.3 is 0 Å². The minimum Gasteiger partial charge on any atom is -0.393 e. The summed E-state index contributed by atoms with van der Waals surface area (Å²) in [5.41, 5.74) is 3.45. The predicted molar refractivity (Wildman–Crippen MR) is 133 cm³/mol. The second kappa shape index (κ2) is 9.60. The van der Waals surface area contributed by atoms with Crippen LogP contribution in [0.4, 0.5) is 0 Å². The lowest BCUT2D eigenvalue weighted by molar-refractivity contribution is 0.00421. The zero-order valence-corrected chi connectivity index (χ0v) is 21.1. The van der Waals surface area contributed by atoms with Crippen LogP contribution in [-0.4, -0.2) is 46.3 Å². The molecule has 0 aromatic carbocycles. The van der Waals surface area contributed by atoms with E-state index in [4.69, 9.17) is 4.74 Å². The van der Waals surface area contributed by atoms with Gasteiger partial charge in [0.1, 0.15) is 0 Å². The van der Waals surface area contributed by atoms with Crippen molar-refractivity contribution >= 4 is 0 Å². The molecule has 0 heterocycles. The first-order valence-corrected chi connectivity index (χ1v) is 13.3. The van der Waals surface area contributed by atoms with Crippen LogP contribution in [0.3, 0.4) is 0 Å². The van der Waals surface area contributed by atoms with Gasteiger partial charge in [-0.05, 0) is 112 Å². The molecule has 4 nitrogen and oxygen atoms in total. The maximum Gasteiger partial charge on any atom is 0.0811 e. The fraction of sp³-hybridized carbons (Fsp3) is 0.793. The van der Waals surface area contributed by atoms with E-state index in [-0.39, 0.29) is 0 Å². The summed E-state index contributed by atoms with van der Waals surface area (Å²) in [5.74, 6) is 1.36. The number of ether oxygens (including phenoxy) is 1. The molecule has 0 unspecified atom stereocenters. The predicted octanol–water partition coefficient (Wildman–Crippen LogP) is 5.48. The molecule has 0 spiro atoms. The van der Waals surface area contributed by atoms with Crippen molar-refractivity contribution in [2.45, 2.75) is 109 Å². The smallest absolute Gasteiger partial charge is 0.0811 e. The zero-order chi connectivity index (χ0) is 23.9. The molecule has 4 saturated carbocycles. The molecule has 3 N–H and O–H groups in total. The van der Waals surface area contributed by atoms with Crippen molar-refractivity contribution in [1.29, 1.82) is 0 Å². The summed E-state index contributed by atoms with van der Waals surface area (Å²) in [6.07, 6.45) is 14.9. The van der Waals surface area contributed by atoms with Crippen molar-refractivity contribution in [3.8, 4) is 0 Å². The molecule has 0 bridgehead atoms. The molecular weight excluding hydrogens is 412 g/mol. The third-order valence-electron chi connectivity index (χ3n) is 9.33. The van der Waals surface area contributed by atoms with Crippen LogP contribution in [0.25, 0.3) is 0 Å². The van der Waals surface area contributed by atoms with E-state index in [2.05, 4.69) is 25.7 Å². The van der Waals surface area contributed by atoms with Crippen LogP contribution >= 0.6 is 0 Å². The lowest BCUT2D eigenvalue weighted by Gasteiger charge is -2.45. The number of fused-ring (bicyclic) bond motifs is 1. The standard InChI is InChI=1S/C29H46O4/c1-20-22(17-23(30)18-25(20)31)9-8-21-7-5-13-28(4)24(21)10-11-26(28)29(14-15-29)19-33-16-6-12-27(2,3)32/h8-9,23-26,30-32H,1,5-7,10-19H2,2-4H3/t23-,24+,25+,26+,28+/m1/s1. The van der Waals surface area contributed by atoms with Gasteiger partial charge in [0, 0.05) is 13.0 Å². The van der Waals surface area contributed by atoms with Gasteiger partial charge in [-0.15, -0.1) is 0 Å². The highest BCUT2D eigenvalue weighted by molar-refractivity contribution is 5.38. The maximum atomic E-state index is 10.2. The van der Waals surface area contributed by atoms with Crippen LogP contribution in [0.1, 0.15) is 91.4 Å². The molecule has 0 aliphatic heterocycles. The quantitative estimate of drug-likeness (QED) is 0.422. The molecule has 4 heteroatoms. The number of hydrogen-bond donors (Lipinski definition) is 3. The van der Waals surface area contributed by atoms with Crippen molar-refractivity contribution in [2.75, 3.05) is 13.2 Å². The van der Waals surface area contributed by atoms with E-state index in [0.717, 1.165) is 49.5 Å². The number of hydrogen-bond acceptors (Lipinski definition) is 4. The minimum atomic E-state index is -0.621.